The zero-order valence-electron chi connectivity index (χ0n) is 5.92. The summed E-state index contributed by atoms with van der Waals surface area (Å²) in [4.78, 5) is 10.3. The van der Waals surface area contributed by atoms with Crippen molar-refractivity contribution >= 4 is 0 Å². The number of rotatable bonds is 3. The van der Waals surface area contributed by atoms with Crippen LogP contribution in [0.2, 0.25) is 0 Å². The van der Waals surface area contributed by atoms with Gasteiger partial charge >= 0.3 is 5.82 Å². The van der Waals surface area contributed by atoms with Gasteiger partial charge in [-0.25, -0.2) is 4.79 Å². The van der Waals surface area contributed by atoms with E-state index in [1.165, 1.54) is 6.26 Å². The van der Waals surface area contributed by atoms with Crippen molar-refractivity contribution in [2.24, 2.45) is 0 Å². The van der Waals surface area contributed by atoms with Gasteiger partial charge in [-0.05, 0) is 6.42 Å². The molecule has 0 radical (unpaired) electrons. The zero-order valence-corrected chi connectivity index (χ0v) is 5.92. The van der Waals surface area contributed by atoms with Crippen LogP contribution in [0, 0.1) is 0 Å². The highest BCUT2D eigenvalue weighted by atomic mass is 16.6. The Kier molecular flexibility index (Phi) is 2.31. The van der Waals surface area contributed by atoms with Crippen molar-refractivity contribution in [2.75, 3.05) is 0 Å². The van der Waals surface area contributed by atoms with Crippen LogP contribution in [-0.2, 0) is 6.42 Å². The Labute approximate surface area is 58.7 Å². The molecule has 0 aliphatic rings. The van der Waals surface area contributed by atoms with Gasteiger partial charge in [-0.15, -0.1) is 0 Å². The average molecular weight is 142 g/mol. The summed E-state index contributed by atoms with van der Waals surface area (Å²) in [6.07, 6.45) is 4.29. The largest absolute Gasteiger partial charge is 0.518 e. The molecule has 0 unspecified atom stereocenters. The van der Waals surface area contributed by atoms with E-state index in [1.807, 2.05) is 0 Å². The van der Waals surface area contributed by atoms with Gasteiger partial charge in [0.1, 0.15) is 12.0 Å². The van der Waals surface area contributed by atoms with Crippen LogP contribution in [0.4, 0.5) is 0 Å². The van der Waals surface area contributed by atoms with Crippen LogP contribution in [0.5, 0.6) is 0 Å². The third kappa shape index (κ3) is 1.76. The molecule has 1 heterocycles. The van der Waals surface area contributed by atoms with Crippen LogP contribution in [0.3, 0.4) is 0 Å². The molecule has 10 heavy (non-hydrogen) atoms. The fraction of sp³-hybridized carbons (Fsp3) is 0.571. The van der Waals surface area contributed by atoms with Crippen molar-refractivity contribution in [1.82, 2.24) is 0 Å². The lowest BCUT2D eigenvalue weighted by Gasteiger charge is -1.87. The van der Waals surface area contributed by atoms with Crippen LogP contribution >= 0.6 is 0 Å². The molecule has 1 aromatic rings. The van der Waals surface area contributed by atoms with Gasteiger partial charge in [-0.1, -0.05) is 13.3 Å². The molecule has 0 aliphatic heterocycles. The molecule has 0 aromatic carbocycles. The Morgan fingerprint density at radius 1 is 1.60 bits per heavy atom. The molecule has 0 N–H and O–H groups in total. The first-order valence-electron chi connectivity index (χ1n) is 3.40. The molecule has 0 fully saturated rings. The molecule has 0 bridgehead atoms. The highest BCUT2D eigenvalue weighted by molar-refractivity contribution is 4.84. The van der Waals surface area contributed by atoms with Crippen LogP contribution in [0.1, 0.15) is 25.5 Å². The normalized spacial score (nSPS) is 10.1. The summed E-state index contributed by atoms with van der Waals surface area (Å²) in [7, 11) is 0. The van der Waals surface area contributed by atoms with Crippen molar-refractivity contribution in [3.63, 3.8) is 0 Å². The van der Waals surface area contributed by atoms with E-state index >= 15 is 0 Å². The van der Waals surface area contributed by atoms with E-state index in [9.17, 15) is 4.79 Å². The molecule has 0 amide bonds. The van der Waals surface area contributed by atoms with E-state index in [4.69, 9.17) is 0 Å². The third-order valence-corrected chi connectivity index (χ3v) is 1.28. The second kappa shape index (κ2) is 3.25. The Morgan fingerprint density at radius 2 is 2.40 bits per heavy atom. The minimum atomic E-state index is -0.605. The first kappa shape index (κ1) is 7.12. The smallest absolute Gasteiger partial charge is 0.399 e. The maximum atomic E-state index is 10.3. The van der Waals surface area contributed by atoms with E-state index in [-0.39, 0.29) is 0 Å². The standard InChI is InChI=1S/C7H10O3/c1-2-3-4-6-5-9-7(8)10-6/h5H,2-4H2,1H3. The fourth-order valence-corrected chi connectivity index (χ4v) is 0.730. The highest BCUT2D eigenvalue weighted by Gasteiger charge is 1.98. The fourth-order valence-electron chi connectivity index (χ4n) is 0.730. The molecule has 56 valence electrons. The third-order valence-electron chi connectivity index (χ3n) is 1.28. The molecule has 0 aliphatic carbocycles. The number of hydrogen-bond acceptors (Lipinski definition) is 3. The van der Waals surface area contributed by atoms with Gasteiger partial charge in [0.15, 0.2) is 0 Å². The van der Waals surface area contributed by atoms with Gasteiger partial charge in [-0.3, -0.25) is 0 Å². The van der Waals surface area contributed by atoms with Crippen molar-refractivity contribution < 1.29 is 8.83 Å². The summed E-state index contributed by atoms with van der Waals surface area (Å²) in [5.41, 5.74) is 0. The number of hydrogen-bond donors (Lipinski definition) is 0. The summed E-state index contributed by atoms with van der Waals surface area (Å²) in [6.45, 7) is 2.08. The summed E-state index contributed by atoms with van der Waals surface area (Å²) < 4.78 is 9.10. The summed E-state index contributed by atoms with van der Waals surface area (Å²) in [5.74, 6) is 0.0398. The molecule has 0 atom stereocenters. The van der Waals surface area contributed by atoms with E-state index in [1.54, 1.807) is 0 Å². The summed E-state index contributed by atoms with van der Waals surface area (Å²) in [6, 6.07) is 0. The molecule has 0 saturated heterocycles. The van der Waals surface area contributed by atoms with Gasteiger partial charge in [0.25, 0.3) is 0 Å². The van der Waals surface area contributed by atoms with Gasteiger partial charge < -0.3 is 8.83 Å². The molecule has 0 spiro atoms. The van der Waals surface area contributed by atoms with Crippen LogP contribution in [0.25, 0.3) is 0 Å². The lowest BCUT2D eigenvalue weighted by atomic mass is 10.2. The van der Waals surface area contributed by atoms with Crippen molar-refractivity contribution in [1.29, 1.82) is 0 Å². The van der Waals surface area contributed by atoms with Crippen molar-refractivity contribution in [2.45, 2.75) is 26.2 Å². The minimum Gasteiger partial charge on any atom is -0.399 e. The Balaban J connectivity index is 2.50. The Hall–Kier alpha value is -0.990. The predicted molar refractivity (Wildman–Crippen MR) is 35.9 cm³/mol. The molecular weight excluding hydrogens is 132 g/mol. The average Bonchev–Trinajstić information content (AvgIpc) is 2.31. The Bertz CT molecular complexity index is 233. The van der Waals surface area contributed by atoms with Gasteiger partial charge in [0.2, 0.25) is 0 Å². The van der Waals surface area contributed by atoms with E-state index in [0.717, 1.165) is 19.3 Å². The lowest BCUT2D eigenvalue weighted by molar-refractivity contribution is 0.372. The maximum Gasteiger partial charge on any atom is 0.518 e. The minimum absolute atomic E-state index is 0.605. The van der Waals surface area contributed by atoms with E-state index in [2.05, 4.69) is 15.8 Å². The quantitative estimate of drug-likeness (QED) is 0.643. The predicted octanol–water partition coefficient (Wildman–Crippen LogP) is 1.58. The van der Waals surface area contributed by atoms with Crippen molar-refractivity contribution in [3.8, 4) is 0 Å². The van der Waals surface area contributed by atoms with Crippen LogP contribution in [0.15, 0.2) is 19.9 Å². The van der Waals surface area contributed by atoms with Gasteiger partial charge in [0.05, 0.1) is 0 Å². The zero-order chi connectivity index (χ0) is 7.40. The number of aryl methyl sites for hydroxylation is 1. The lowest BCUT2D eigenvalue weighted by Crippen LogP contribution is -1.87. The molecular formula is C7H10O3. The first-order valence-corrected chi connectivity index (χ1v) is 3.40. The second-order valence-electron chi connectivity index (χ2n) is 2.16. The molecule has 3 heteroatoms. The monoisotopic (exact) mass is 142 g/mol. The van der Waals surface area contributed by atoms with Gasteiger partial charge in [0, 0.05) is 6.42 Å². The first-order chi connectivity index (χ1) is 4.83. The second-order valence-corrected chi connectivity index (χ2v) is 2.16. The maximum absolute atomic E-state index is 10.3. The molecule has 0 saturated carbocycles. The van der Waals surface area contributed by atoms with Gasteiger partial charge in [-0.2, -0.15) is 0 Å². The van der Waals surface area contributed by atoms with E-state index < -0.39 is 5.82 Å². The van der Waals surface area contributed by atoms with Crippen LogP contribution < -0.4 is 5.82 Å². The molecule has 3 nitrogen and oxygen atoms in total. The number of unbranched alkanes of at least 4 members (excludes halogenated alkanes) is 1. The SMILES string of the molecule is CCCCc1coc(=O)o1. The molecule has 1 aromatic heterocycles. The van der Waals surface area contributed by atoms with Crippen LogP contribution in [-0.4, -0.2) is 0 Å². The topological polar surface area (TPSA) is 43.4 Å². The highest BCUT2D eigenvalue weighted by Crippen LogP contribution is 2.01. The van der Waals surface area contributed by atoms with E-state index in [0.29, 0.717) is 5.76 Å². The molecule has 1 rings (SSSR count). The van der Waals surface area contributed by atoms with Crippen molar-refractivity contribution in [3.05, 3.63) is 22.6 Å². The summed E-state index contributed by atoms with van der Waals surface area (Å²) in [5, 5.41) is 0. The summed E-state index contributed by atoms with van der Waals surface area (Å²) >= 11 is 0. The Morgan fingerprint density at radius 3 is 2.90 bits per heavy atom.